The molecule has 2 aromatic rings. The molecular formula is C17H23N3S. The Morgan fingerprint density at radius 2 is 2.19 bits per heavy atom. The topological polar surface area (TPSA) is 28.2 Å². The molecule has 2 unspecified atom stereocenters. The second-order valence-corrected chi connectivity index (χ2v) is 6.69. The van der Waals surface area contributed by atoms with Crippen LogP contribution in [0.15, 0.2) is 41.9 Å². The maximum atomic E-state index is 4.46. The molecule has 1 aliphatic heterocycles. The van der Waals surface area contributed by atoms with Gasteiger partial charge in [-0.1, -0.05) is 37.3 Å². The third kappa shape index (κ3) is 3.90. The molecular weight excluding hydrogens is 278 g/mol. The summed E-state index contributed by atoms with van der Waals surface area (Å²) < 4.78 is 0. The Morgan fingerprint density at radius 1 is 1.33 bits per heavy atom. The summed E-state index contributed by atoms with van der Waals surface area (Å²) in [6, 6.07) is 12.0. The van der Waals surface area contributed by atoms with Gasteiger partial charge in [0.15, 0.2) is 0 Å². The Morgan fingerprint density at radius 3 is 2.90 bits per heavy atom. The van der Waals surface area contributed by atoms with E-state index in [-0.39, 0.29) is 0 Å². The van der Waals surface area contributed by atoms with Crippen molar-refractivity contribution in [3.05, 3.63) is 52.5 Å². The van der Waals surface area contributed by atoms with Gasteiger partial charge < -0.3 is 5.32 Å². The average Bonchev–Trinajstić information content (AvgIpc) is 3.03. The molecule has 0 aliphatic carbocycles. The summed E-state index contributed by atoms with van der Waals surface area (Å²) in [6.07, 6.45) is 4.20. The van der Waals surface area contributed by atoms with Crippen LogP contribution >= 0.6 is 11.3 Å². The molecule has 21 heavy (non-hydrogen) atoms. The van der Waals surface area contributed by atoms with Crippen molar-refractivity contribution in [3.8, 4) is 0 Å². The van der Waals surface area contributed by atoms with Gasteiger partial charge in [-0.3, -0.25) is 4.90 Å². The first kappa shape index (κ1) is 14.7. The maximum absolute atomic E-state index is 4.46. The van der Waals surface area contributed by atoms with E-state index in [0.29, 0.717) is 12.1 Å². The maximum Gasteiger partial charge on any atom is 0.107 e. The molecule has 0 saturated carbocycles. The minimum atomic E-state index is 0.555. The Kier molecular flexibility index (Phi) is 5.01. The molecule has 3 rings (SSSR count). The van der Waals surface area contributed by atoms with Crippen LogP contribution in [0, 0.1) is 0 Å². The van der Waals surface area contributed by atoms with Gasteiger partial charge in [0.1, 0.15) is 5.01 Å². The van der Waals surface area contributed by atoms with Gasteiger partial charge in [0.2, 0.25) is 0 Å². The first-order chi connectivity index (χ1) is 10.3. The summed E-state index contributed by atoms with van der Waals surface area (Å²) in [5.74, 6) is 0. The van der Waals surface area contributed by atoms with Crippen molar-refractivity contribution in [3.63, 3.8) is 0 Å². The predicted molar refractivity (Wildman–Crippen MR) is 88.5 cm³/mol. The van der Waals surface area contributed by atoms with Gasteiger partial charge >= 0.3 is 0 Å². The number of thiazole rings is 1. The second-order valence-electron chi connectivity index (χ2n) is 5.71. The fraction of sp³-hybridized carbons (Fsp3) is 0.471. The van der Waals surface area contributed by atoms with Crippen molar-refractivity contribution in [2.75, 3.05) is 13.1 Å². The van der Waals surface area contributed by atoms with E-state index in [4.69, 9.17) is 0 Å². The standard InChI is InChI=1S/C17H23N3S/c1-2-15-12-20(13-17-18-8-9-21-17)16(11-19-15)10-14-6-4-3-5-7-14/h3-9,15-16,19H,2,10-13H2,1H3. The lowest BCUT2D eigenvalue weighted by atomic mass is 10.00. The smallest absolute Gasteiger partial charge is 0.107 e. The third-order valence-corrected chi connectivity index (χ3v) is 5.01. The molecule has 2 atom stereocenters. The minimum Gasteiger partial charge on any atom is -0.311 e. The molecule has 0 bridgehead atoms. The zero-order valence-electron chi connectivity index (χ0n) is 12.5. The van der Waals surface area contributed by atoms with Crippen LogP contribution in [0.4, 0.5) is 0 Å². The van der Waals surface area contributed by atoms with Gasteiger partial charge in [0.25, 0.3) is 0 Å². The van der Waals surface area contributed by atoms with Crippen LogP contribution in [0.1, 0.15) is 23.9 Å². The molecule has 1 fully saturated rings. The number of benzene rings is 1. The van der Waals surface area contributed by atoms with Crippen molar-refractivity contribution < 1.29 is 0 Å². The van der Waals surface area contributed by atoms with Gasteiger partial charge in [-0.05, 0) is 18.4 Å². The van der Waals surface area contributed by atoms with Gasteiger partial charge in [-0.25, -0.2) is 4.98 Å². The van der Waals surface area contributed by atoms with E-state index in [1.54, 1.807) is 11.3 Å². The minimum absolute atomic E-state index is 0.555. The number of piperazine rings is 1. The molecule has 1 N–H and O–H groups in total. The van der Waals surface area contributed by atoms with Crippen LogP contribution in [-0.4, -0.2) is 35.1 Å². The van der Waals surface area contributed by atoms with E-state index in [1.807, 2.05) is 6.20 Å². The summed E-state index contributed by atoms with van der Waals surface area (Å²) in [5.41, 5.74) is 1.42. The van der Waals surface area contributed by atoms with E-state index >= 15 is 0 Å². The van der Waals surface area contributed by atoms with E-state index in [2.05, 4.69) is 57.8 Å². The Labute approximate surface area is 131 Å². The van der Waals surface area contributed by atoms with Crippen molar-refractivity contribution in [1.29, 1.82) is 0 Å². The molecule has 3 nitrogen and oxygen atoms in total. The highest BCUT2D eigenvalue weighted by Crippen LogP contribution is 2.18. The fourth-order valence-electron chi connectivity index (χ4n) is 2.99. The number of hydrogen-bond donors (Lipinski definition) is 1. The number of hydrogen-bond acceptors (Lipinski definition) is 4. The highest BCUT2D eigenvalue weighted by Gasteiger charge is 2.27. The van der Waals surface area contributed by atoms with Gasteiger partial charge in [0, 0.05) is 36.8 Å². The lowest BCUT2D eigenvalue weighted by molar-refractivity contribution is 0.120. The van der Waals surface area contributed by atoms with Crippen molar-refractivity contribution in [2.24, 2.45) is 0 Å². The first-order valence-electron chi connectivity index (χ1n) is 7.75. The summed E-state index contributed by atoms with van der Waals surface area (Å²) in [4.78, 5) is 7.07. The van der Waals surface area contributed by atoms with E-state index < -0.39 is 0 Å². The molecule has 112 valence electrons. The van der Waals surface area contributed by atoms with Crippen LogP contribution in [0.2, 0.25) is 0 Å². The molecule has 1 aromatic carbocycles. The monoisotopic (exact) mass is 301 g/mol. The van der Waals surface area contributed by atoms with Crippen molar-refractivity contribution in [2.45, 2.75) is 38.4 Å². The van der Waals surface area contributed by atoms with Gasteiger partial charge in [0.05, 0.1) is 6.54 Å². The van der Waals surface area contributed by atoms with Crippen molar-refractivity contribution in [1.82, 2.24) is 15.2 Å². The normalized spacial score (nSPS) is 23.3. The van der Waals surface area contributed by atoms with Crippen LogP contribution in [0.5, 0.6) is 0 Å². The Balaban J connectivity index is 1.70. The van der Waals surface area contributed by atoms with E-state index in [9.17, 15) is 0 Å². The highest BCUT2D eigenvalue weighted by atomic mass is 32.1. The number of rotatable bonds is 5. The SMILES string of the molecule is CCC1CN(Cc2nccs2)C(Cc2ccccc2)CN1. The summed E-state index contributed by atoms with van der Waals surface area (Å²) in [7, 11) is 0. The lowest BCUT2D eigenvalue weighted by Crippen LogP contribution is -2.56. The van der Waals surface area contributed by atoms with Gasteiger partial charge in [-0.2, -0.15) is 0 Å². The Bertz CT molecular complexity index is 526. The number of nitrogens with one attached hydrogen (secondary N) is 1. The fourth-order valence-corrected chi connectivity index (χ4v) is 3.63. The first-order valence-corrected chi connectivity index (χ1v) is 8.63. The Hall–Kier alpha value is -1.23. The van der Waals surface area contributed by atoms with Crippen LogP contribution < -0.4 is 5.32 Å². The molecule has 0 spiro atoms. The molecule has 0 radical (unpaired) electrons. The number of aromatic nitrogens is 1. The molecule has 1 aliphatic rings. The van der Waals surface area contributed by atoms with Gasteiger partial charge in [-0.15, -0.1) is 11.3 Å². The van der Waals surface area contributed by atoms with Crippen LogP contribution in [0.25, 0.3) is 0 Å². The lowest BCUT2D eigenvalue weighted by Gasteiger charge is -2.40. The highest BCUT2D eigenvalue weighted by molar-refractivity contribution is 7.09. The zero-order chi connectivity index (χ0) is 14.5. The largest absolute Gasteiger partial charge is 0.311 e. The molecule has 1 saturated heterocycles. The van der Waals surface area contributed by atoms with Crippen LogP contribution in [0.3, 0.4) is 0 Å². The van der Waals surface area contributed by atoms with E-state index in [0.717, 1.165) is 26.1 Å². The molecule has 1 aromatic heterocycles. The summed E-state index contributed by atoms with van der Waals surface area (Å²) in [6.45, 7) is 5.43. The third-order valence-electron chi connectivity index (χ3n) is 4.24. The summed E-state index contributed by atoms with van der Waals surface area (Å²) >= 11 is 1.76. The number of nitrogens with zero attached hydrogens (tertiary/aromatic N) is 2. The summed E-state index contributed by atoms with van der Waals surface area (Å²) in [5, 5.41) is 6.99. The van der Waals surface area contributed by atoms with Crippen molar-refractivity contribution >= 4 is 11.3 Å². The molecule has 2 heterocycles. The predicted octanol–water partition coefficient (Wildman–Crippen LogP) is 2.94. The van der Waals surface area contributed by atoms with Crippen LogP contribution in [-0.2, 0) is 13.0 Å². The second kappa shape index (κ2) is 7.16. The average molecular weight is 301 g/mol. The quantitative estimate of drug-likeness (QED) is 0.920. The molecule has 4 heteroatoms. The van der Waals surface area contributed by atoms with E-state index in [1.165, 1.54) is 17.0 Å². The molecule has 0 amide bonds. The zero-order valence-corrected chi connectivity index (χ0v) is 13.4.